The fourth-order valence-electron chi connectivity index (χ4n) is 3.10. The molecule has 0 aliphatic carbocycles. The van der Waals surface area contributed by atoms with Gasteiger partial charge in [0.25, 0.3) is 10.0 Å². The molecule has 0 fully saturated rings. The quantitative estimate of drug-likeness (QED) is 0.738. The highest BCUT2D eigenvalue weighted by Crippen LogP contribution is 2.33. The molecule has 1 heterocycles. The van der Waals surface area contributed by atoms with Gasteiger partial charge in [-0.05, 0) is 61.7 Å². The minimum Gasteiger partial charge on any atom is -0.495 e. The SMILES string of the molecule is CCS(=O)(=O)N1CCCc2cc(NS(=O)(=O)c3ccc(OC)c(Cl)c3)ccc21. The van der Waals surface area contributed by atoms with Crippen molar-refractivity contribution in [1.29, 1.82) is 0 Å². The van der Waals surface area contributed by atoms with Gasteiger partial charge in [-0.15, -0.1) is 0 Å². The number of ether oxygens (including phenoxy) is 1. The van der Waals surface area contributed by atoms with Crippen molar-refractivity contribution >= 4 is 43.0 Å². The number of aryl methyl sites for hydroxylation is 1. The number of rotatable bonds is 6. The predicted octanol–water partition coefficient (Wildman–Crippen LogP) is 3.25. The van der Waals surface area contributed by atoms with Crippen LogP contribution < -0.4 is 13.8 Å². The van der Waals surface area contributed by atoms with E-state index in [9.17, 15) is 16.8 Å². The van der Waals surface area contributed by atoms with E-state index in [1.807, 2.05) is 0 Å². The Morgan fingerprint density at radius 1 is 1.14 bits per heavy atom. The average molecular weight is 445 g/mol. The molecule has 0 unspecified atom stereocenters. The second-order valence-corrected chi connectivity index (χ2v) is 10.6. The molecule has 1 aliphatic heterocycles. The van der Waals surface area contributed by atoms with E-state index in [1.54, 1.807) is 25.1 Å². The lowest BCUT2D eigenvalue weighted by atomic mass is 10.0. The van der Waals surface area contributed by atoms with Crippen LogP contribution in [0.2, 0.25) is 5.02 Å². The van der Waals surface area contributed by atoms with E-state index in [0.717, 1.165) is 5.56 Å². The van der Waals surface area contributed by atoms with Crippen molar-refractivity contribution in [2.45, 2.75) is 24.7 Å². The molecule has 0 aromatic heterocycles. The van der Waals surface area contributed by atoms with Crippen LogP contribution in [-0.2, 0) is 26.5 Å². The first-order valence-electron chi connectivity index (χ1n) is 8.67. The topological polar surface area (TPSA) is 92.8 Å². The summed E-state index contributed by atoms with van der Waals surface area (Å²) in [5.74, 6) is 0.394. The van der Waals surface area contributed by atoms with Crippen molar-refractivity contribution in [1.82, 2.24) is 0 Å². The molecule has 7 nitrogen and oxygen atoms in total. The van der Waals surface area contributed by atoms with Gasteiger partial charge in [0.05, 0.1) is 28.5 Å². The number of nitrogens with one attached hydrogen (secondary N) is 1. The van der Waals surface area contributed by atoms with Crippen molar-refractivity contribution in [2.24, 2.45) is 0 Å². The third-order valence-corrected chi connectivity index (χ3v) is 8.00. The smallest absolute Gasteiger partial charge is 0.261 e. The first kappa shape index (κ1) is 20.8. The van der Waals surface area contributed by atoms with Crippen LogP contribution in [-0.4, -0.2) is 36.2 Å². The number of anilines is 2. The van der Waals surface area contributed by atoms with E-state index < -0.39 is 20.0 Å². The third-order valence-electron chi connectivity index (χ3n) is 4.54. The molecule has 10 heteroatoms. The second kappa shape index (κ2) is 7.81. The van der Waals surface area contributed by atoms with Gasteiger partial charge in [-0.25, -0.2) is 16.8 Å². The lowest BCUT2D eigenvalue weighted by Crippen LogP contribution is -2.36. The van der Waals surface area contributed by atoms with Crippen LogP contribution in [0.4, 0.5) is 11.4 Å². The van der Waals surface area contributed by atoms with Crippen LogP contribution in [0.3, 0.4) is 0 Å². The zero-order chi connectivity index (χ0) is 20.5. The van der Waals surface area contributed by atoms with Gasteiger partial charge in [0, 0.05) is 12.2 Å². The molecule has 0 spiro atoms. The van der Waals surface area contributed by atoms with Gasteiger partial charge in [-0.1, -0.05) is 11.6 Å². The summed E-state index contributed by atoms with van der Waals surface area (Å²) in [7, 11) is -5.78. The summed E-state index contributed by atoms with van der Waals surface area (Å²) in [6.45, 7) is 2.03. The Labute approximate surface area is 170 Å². The van der Waals surface area contributed by atoms with Gasteiger partial charge in [-0.2, -0.15) is 0 Å². The van der Waals surface area contributed by atoms with Crippen LogP contribution in [0.1, 0.15) is 18.9 Å². The van der Waals surface area contributed by atoms with Crippen LogP contribution in [0, 0.1) is 0 Å². The fourth-order valence-corrected chi connectivity index (χ4v) is 5.69. The predicted molar refractivity (Wildman–Crippen MR) is 110 cm³/mol. The lowest BCUT2D eigenvalue weighted by Gasteiger charge is -2.30. The maximum absolute atomic E-state index is 12.7. The number of halogens is 1. The highest BCUT2D eigenvalue weighted by molar-refractivity contribution is 7.93. The Morgan fingerprint density at radius 3 is 2.54 bits per heavy atom. The van der Waals surface area contributed by atoms with Crippen molar-refractivity contribution in [3.63, 3.8) is 0 Å². The molecule has 0 bridgehead atoms. The number of hydrogen-bond acceptors (Lipinski definition) is 5. The number of benzene rings is 2. The summed E-state index contributed by atoms with van der Waals surface area (Å²) in [6, 6.07) is 9.08. The highest BCUT2D eigenvalue weighted by Gasteiger charge is 2.26. The minimum atomic E-state index is -3.86. The maximum Gasteiger partial charge on any atom is 0.261 e. The average Bonchev–Trinajstić information content (AvgIpc) is 2.66. The molecule has 2 aromatic carbocycles. The summed E-state index contributed by atoms with van der Waals surface area (Å²) in [6.07, 6.45) is 1.35. The monoisotopic (exact) mass is 444 g/mol. The van der Waals surface area contributed by atoms with E-state index in [4.69, 9.17) is 16.3 Å². The normalized spacial score (nSPS) is 14.5. The van der Waals surface area contributed by atoms with Crippen molar-refractivity contribution in [3.05, 3.63) is 47.0 Å². The van der Waals surface area contributed by atoms with Gasteiger partial charge in [-0.3, -0.25) is 9.03 Å². The van der Waals surface area contributed by atoms with E-state index >= 15 is 0 Å². The molecule has 0 radical (unpaired) electrons. The summed E-state index contributed by atoms with van der Waals surface area (Å²) >= 11 is 6.03. The van der Waals surface area contributed by atoms with Crippen LogP contribution in [0.5, 0.6) is 5.75 Å². The zero-order valence-corrected chi connectivity index (χ0v) is 17.9. The van der Waals surface area contributed by atoms with Gasteiger partial charge in [0.15, 0.2) is 0 Å². The molecule has 0 atom stereocenters. The number of methoxy groups -OCH3 is 1. The molecule has 0 amide bonds. The molecule has 1 aliphatic rings. The number of hydrogen-bond donors (Lipinski definition) is 1. The number of sulfonamides is 2. The fraction of sp³-hybridized carbons (Fsp3) is 0.333. The number of nitrogens with zero attached hydrogens (tertiary/aromatic N) is 1. The van der Waals surface area contributed by atoms with Crippen molar-refractivity contribution in [2.75, 3.05) is 28.4 Å². The summed E-state index contributed by atoms with van der Waals surface area (Å²) in [5.41, 5.74) is 1.75. The Balaban J connectivity index is 1.91. The molecule has 2 aromatic rings. The standard InChI is InChI=1S/C18H21ClN2O5S2/c1-3-27(22,23)21-10-4-5-13-11-14(6-8-17(13)21)20-28(24,25)15-7-9-18(26-2)16(19)12-15/h6-9,11-12,20H,3-5,10H2,1-2H3. The molecule has 152 valence electrons. The summed E-state index contributed by atoms with van der Waals surface area (Å²) in [4.78, 5) is 0.00575. The first-order valence-corrected chi connectivity index (χ1v) is 12.1. The molecule has 3 rings (SSSR count). The van der Waals surface area contributed by atoms with Gasteiger partial charge >= 0.3 is 0 Å². The van der Waals surface area contributed by atoms with E-state index in [2.05, 4.69) is 4.72 Å². The molecule has 0 saturated heterocycles. The lowest BCUT2D eigenvalue weighted by molar-refractivity contribution is 0.414. The largest absolute Gasteiger partial charge is 0.495 e. The van der Waals surface area contributed by atoms with Crippen molar-refractivity contribution in [3.8, 4) is 5.75 Å². The first-order chi connectivity index (χ1) is 13.2. The summed E-state index contributed by atoms with van der Waals surface area (Å²) < 4.78 is 58.9. The van der Waals surface area contributed by atoms with Gasteiger partial charge in [0.2, 0.25) is 10.0 Å². The molecule has 28 heavy (non-hydrogen) atoms. The van der Waals surface area contributed by atoms with E-state index in [0.29, 0.717) is 36.5 Å². The Kier molecular flexibility index (Phi) is 5.79. The molecule has 1 N–H and O–H groups in total. The molecular weight excluding hydrogens is 424 g/mol. The van der Waals surface area contributed by atoms with Gasteiger partial charge in [0.1, 0.15) is 5.75 Å². The molecular formula is C18H21ClN2O5S2. The van der Waals surface area contributed by atoms with Crippen LogP contribution >= 0.6 is 11.6 Å². The number of fused-ring (bicyclic) bond motifs is 1. The summed E-state index contributed by atoms with van der Waals surface area (Å²) in [5, 5.41) is 0.191. The Hall–Kier alpha value is -1.97. The van der Waals surface area contributed by atoms with E-state index in [-0.39, 0.29) is 15.7 Å². The second-order valence-electron chi connectivity index (χ2n) is 6.32. The Bertz CT molecular complexity index is 1100. The third kappa shape index (κ3) is 4.06. The zero-order valence-electron chi connectivity index (χ0n) is 15.5. The van der Waals surface area contributed by atoms with Crippen LogP contribution in [0.25, 0.3) is 0 Å². The Morgan fingerprint density at radius 2 is 1.89 bits per heavy atom. The molecule has 0 saturated carbocycles. The van der Waals surface area contributed by atoms with Crippen LogP contribution in [0.15, 0.2) is 41.3 Å². The van der Waals surface area contributed by atoms with Crippen molar-refractivity contribution < 1.29 is 21.6 Å². The minimum absolute atomic E-state index is 0.00575. The van der Waals surface area contributed by atoms with Gasteiger partial charge < -0.3 is 4.74 Å². The van der Waals surface area contributed by atoms with E-state index in [1.165, 1.54) is 29.6 Å². The highest BCUT2D eigenvalue weighted by atomic mass is 35.5. The maximum atomic E-state index is 12.7.